The first-order valence-electron chi connectivity index (χ1n) is 6.07. The van der Waals surface area contributed by atoms with E-state index in [4.69, 9.17) is 0 Å². The third-order valence-electron chi connectivity index (χ3n) is 3.30. The molecule has 1 aliphatic heterocycles. The number of rotatable bonds is 3. The lowest BCUT2D eigenvalue weighted by Crippen LogP contribution is -2.50. The van der Waals surface area contributed by atoms with Crippen molar-refractivity contribution in [3.05, 3.63) is 0 Å². The fraction of sp³-hybridized carbons (Fsp3) is 0.833. The van der Waals surface area contributed by atoms with Crippen LogP contribution in [-0.2, 0) is 9.59 Å². The normalized spacial score (nSPS) is 18.4. The van der Waals surface area contributed by atoms with Gasteiger partial charge in [-0.1, -0.05) is 20.3 Å². The Morgan fingerprint density at radius 1 is 1.12 bits per heavy atom. The van der Waals surface area contributed by atoms with E-state index >= 15 is 0 Å². The molecule has 1 aliphatic rings. The molecule has 1 rings (SSSR count). The number of carbonyl (C=O) groups excluding carboxylic acids is 2. The average Bonchev–Trinajstić information content (AvgIpc) is 2.28. The third-order valence-corrected chi connectivity index (χ3v) is 3.30. The monoisotopic (exact) mass is 226 g/mol. The van der Waals surface area contributed by atoms with Crippen LogP contribution in [0.3, 0.4) is 0 Å². The van der Waals surface area contributed by atoms with Gasteiger partial charge in [-0.25, -0.2) is 0 Å². The molecule has 0 spiro atoms. The first-order chi connectivity index (χ1) is 7.54. The van der Waals surface area contributed by atoms with E-state index in [9.17, 15) is 9.59 Å². The first-order valence-corrected chi connectivity index (χ1v) is 6.07. The highest BCUT2D eigenvalue weighted by atomic mass is 16.2. The highest BCUT2D eigenvalue weighted by molar-refractivity contribution is 5.77. The van der Waals surface area contributed by atoms with E-state index < -0.39 is 0 Å². The number of nitrogens with zero attached hydrogens (tertiary/aromatic N) is 2. The van der Waals surface area contributed by atoms with Crippen LogP contribution in [0.1, 0.15) is 33.6 Å². The second-order valence-electron chi connectivity index (χ2n) is 4.60. The van der Waals surface area contributed by atoms with Crippen LogP contribution in [0.2, 0.25) is 0 Å². The number of amides is 2. The SMILES string of the molecule is CCC(C)CC(=O)N1CCN(C(C)=O)CC1. The number of carbonyl (C=O) groups is 2. The maximum absolute atomic E-state index is 11.9. The summed E-state index contributed by atoms with van der Waals surface area (Å²) in [6.07, 6.45) is 1.68. The molecule has 0 aromatic rings. The molecule has 2 amide bonds. The van der Waals surface area contributed by atoms with Crippen molar-refractivity contribution in [2.45, 2.75) is 33.6 Å². The zero-order valence-electron chi connectivity index (χ0n) is 10.5. The van der Waals surface area contributed by atoms with Gasteiger partial charge in [0.1, 0.15) is 0 Å². The van der Waals surface area contributed by atoms with Gasteiger partial charge in [-0.2, -0.15) is 0 Å². The van der Waals surface area contributed by atoms with Gasteiger partial charge in [0.2, 0.25) is 11.8 Å². The van der Waals surface area contributed by atoms with Gasteiger partial charge in [0.25, 0.3) is 0 Å². The summed E-state index contributed by atoms with van der Waals surface area (Å²) in [6.45, 7) is 8.53. The molecule has 16 heavy (non-hydrogen) atoms. The van der Waals surface area contributed by atoms with Crippen molar-refractivity contribution in [2.24, 2.45) is 5.92 Å². The Morgan fingerprint density at radius 3 is 2.06 bits per heavy atom. The Hall–Kier alpha value is -1.06. The fourth-order valence-electron chi connectivity index (χ4n) is 1.84. The summed E-state index contributed by atoms with van der Waals surface area (Å²) in [5.74, 6) is 0.796. The predicted molar refractivity (Wildman–Crippen MR) is 62.9 cm³/mol. The van der Waals surface area contributed by atoms with E-state index in [0.29, 0.717) is 38.5 Å². The predicted octanol–water partition coefficient (Wildman–Crippen LogP) is 1.11. The minimum atomic E-state index is 0.106. The van der Waals surface area contributed by atoms with Crippen LogP contribution < -0.4 is 0 Å². The Morgan fingerprint density at radius 2 is 1.62 bits per heavy atom. The number of piperazine rings is 1. The molecule has 0 saturated carbocycles. The minimum absolute atomic E-state index is 0.106. The maximum Gasteiger partial charge on any atom is 0.222 e. The summed E-state index contributed by atoms with van der Waals surface area (Å²) in [6, 6.07) is 0. The van der Waals surface area contributed by atoms with Crippen LogP contribution in [0.4, 0.5) is 0 Å². The molecule has 92 valence electrons. The van der Waals surface area contributed by atoms with Gasteiger partial charge >= 0.3 is 0 Å². The molecule has 0 N–H and O–H groups in total. The van der Waals surface area contributed by atoms with Crippen LogP contribution in [0, 0.1) is 5.92 Å². The maximum atomic E-state index is 11.9. The van der Waals surface area contributed by atoms with Crippen molar-refractivity contribution in [3.63, 3.8) is 0 Å². The molecule has 1 heterocycles. The summed E-state index contributed by atoms with van der Waals surface area (Å²) in [7, 11) is 0. The Labute approximate surface area is 97.6 Å². The van der Waals surface area contributed by atoms with E-state index in [-0.39, 0.29) is 11.8 Å². The van der Waals surface area contributed by atoms with Crippen LogP contribution in [0.5, 0.6) is 0 Å². The van der Waals surface area contributed by atoms with E-state index in [1.807, 2.05) is 4.90 Å². The molecule has 1 fully saturated rings. The van der Waals surface area contributed by atoms with Gasteiger partial charge in [-0.15, -0.1) is 0 Å². The van der Waals surface area contributed by atoms with Crippen molar-refractivity contribution in [1.29, 1.82) is 0 Å². The molecule has 1 unspecified atom stereocenters. The number of hydrogen-bond donors (Lipinski definition) is 0. The molecule has 1 atom stereocenters. The van der Waals surface area contributed by atoms with Crippen LogP contribution in [-0.4, -0.2) is 47.8 Å². The summed E-state index contributed by atoms with van der Waals surface area (Å²) < 4.78 is 0. The van der Waals surface area contributed by atoms with Gasteiger partial charge in [-0.05, 0) is 5.92 Å². The molecule has 4 nitrogen and oxygen atoms in total. The second-order valence-corrected chi connectivity index (χ2v) is 4.60. The smallest absolute Gasteiger partial charge is 0.222 e. The Bertz CT molecular complexity index is 258. The fourth-order valence-corrected chi connectivity index (χ4v) is 1.84. The molecular weight excluding hydrogens is 204 g/mol. The number of hydrogen-bond acceptors (Lipinski definition) is 2. The summed E-state index contributed by atoms with van der Waals surface area (Å²) in [5, 5.41) is 0. The van der Waals surface area contributed by atoms with Gasteiger partial charge in [0.15, 0.2) is 0 Å². The molecule has 0 bridgehead atoms. The molecule has 1 saturated heterocycles. The van der Waals surface area contributed by atoms with Crippen molar-refractivity contribution in [3.8, 4) is 0 Å². The van der Waals surface area contributed by atoms with Gasteiger partial charge in [0.05, 0.1) is 0 Å². The summed E-state index contributed by atoms with van der Waals surface area (Å²) in [5.41, 5.74) is 0. The Balaban J connectivity index is 2.36. The van der Waals surface area contributed by atoms with Crippen LogP contribution >= 0.6 is 0 Å². The highest BCUT2D eigenvalue weighted by Crippen LogP contribution is 2.11. The molecule has 0 aromatic heterocycles. The molecule has 4 heteroatoms. The second kappa shape index (κ2) is 5.87. The topological polar surface area (TPSA) is 40.6 Å². The van der Waals surface area contributed by atoms with E-state index in [0.717, 1.165) is 6.42 Å². The largest absolute Gasteiger partial charge is 0.339 e. The third kappa shape index (κ3) is 3.51. The van der Waals surface area contributed by atoms with Gasteiger partial charge in [0, 0.05) is 39.5 Å². The Kier molecular flexibility index (Phi) is 4.77. The lowest BCUT2D eigenvalue weighted by atomic mass is 10.0. The minimum Gasteiger partial charge on any atom is -0.339 e. The van der Waals surface area contributed by atoms with Crippen molar-refractivity contribution < 1.29 is 9.59 Å². The molecular formula is C12H22N2O2. The van der Waals surface area contributed by atoms with Crippen molar-refractivity contribution in [2.75, 3.05) is 26.2 Å². The zero-order valence-corrected chi connectivity index (χ0v) is 10.5. The van der Waals surface area contributed by atoms with Crippen molar-refractivity contribution in [1.82, 2.24) is 9.80 Å². The lowest BCUT2D eigenvalue weighted by Gasteiger charge is -2.34. The van der Waals surface area contributed by atoms with Crippen LogP contribution in [0.15, 0.2) is 0 Å². The lowest BCUT2D eigenvalue weighted by molar-refractivity contribution is -0.139. The molecule has 0 radical (unpaired) electrons. The van der Waals surface area contributed by atoms with Gasteiger partial charge < -0.3 is 9.80 Å². The quantitative estimate of drug-likeness (QED) is 0.723. The molecule has 0 aliphatic carbocycles. The van der Waals surface area contributed by atoms with Crippen LogP contribution in [0.25, 0.3) is 0 Å². The van der Waals surface area contributed by atoms with Gasteiger partial charge in [-0.3, -0.25) is 9.59 Å². The summed E-state index contributed by atoms with van der Waals surface area (Å²) in [4.78, 5) is 26.7. The summed E-state index contributed by atoms with van der Waals surface area (Å²) >= 11 is 0. The van der Waals surface area contributed by atoms with Crippen molar-refractivity contribution >= 4 is 11.8 Å². The first kappa shape index (κ1) is 13.0. The standard InChI is InChI=1S/C12H22N2O2/c1-4-10(2)9-12(16)14-7-5-13(6-8-14)11(3)15/h10H,4-9H2,1-3H3. The van der Waals surface area contributed by atoms with E-state index in [1.54, 1.807) is 11.8 Å². The van der Waals surface area contributed by atoms with E-state index in [1.165, 1.54) is 0 Å². The highest BCUT2D eigenvalue weighted by Gasteiger charge is 2.22. The van der Waals surface area contributed by atoms with E-state index in [2.05, 4.69) is 13.8 Å². The average molecular weight is 226 g/mol. The zero-order chi connectivity index (χ0) is 12.1. The molecule has 0 aromatic carbocycles.